The van der Waals surface area contributed by atoms with Gasteiger partial charge in [-0.2, -0.15) is 0 Å². The summed E-state index contributed by atoms with van der Waals surface area (Å²) in [6.45, 7) is 0. The summed E-state index contributed by atoms with van der Waals surface area (Å²) >= 11 is 20.5. The van der Waals surface area contributed by atoms with Crippen LogP contribution in [0.2, 0.25) is 10.0 Å². The van der Waals surface area contributed by atoms with Gasteiger partial charge >= 0.3 is 0 Å². The minimum atomic E-state index is -0.389. The van der Waals surface area contributed by atoms with Crippen LogP contribution < -0.4 is 15.4 Å². The summed E-state index contributed by atoms with van der Waals surface area (Å²) in [6.07, 6.45) is 0. The number of carbonyl (C=O) groups excluding carboxylic acids is 1. The van der Waals surface area contributed by atoms with Crippen molar-refractivity contribution >= 4 is 68.1 Å². The van der Waals surface area contributed by atoms with Gasteiger partial charge in [-0.15, -0.1) is 0 Å². The van der Waals surface area contributed by atoms with E-state index in [1.807, 2.05) is 6.07 Å². The van der Waals surface area contributed by atoms with E-state index in [1.54, 1.807) is 24.3 Å². The lowest BCUT2D eigenvalue weighted by atomic mass is 10.2. The number of rotatable bonds is 3. The number of nitrogens with one attached hydrogen (secondary N) is 2. The van der Waals surface area contributed by atoms with Crippen molar-refractivity contribution in [1.29, 1.82) is 0 Å². The number of carbonyl (C=O) groups is 1. The average molecular weight is 434 g/mol. The molecule has 0 radical (unpaired) electrons. The fourth-order valence-electron chi connectivity index (χ4n) is 1.73. The molecule has 2 N–H and O–H groups in total. The van der Waals surface area contributed by atoms with E-state index in [0.29, 0.717) is 27.0 Å². The molecule has 4 nitrogen and oxygen atoms in total. The Kier molecular flexibility index (Phi) is 6.24. The summed E-state index contributed by atoms with van der Waals surface area (Å²) in [5.41, 5.74) is 0.954. The highest BCUT2D eigenvalue weighted by Crippen LogP contribution is 2.26. The quantitative estimate of drug-likeness (QED) is 0.676. The molecule has 0 aliphatic carbocycles. The van der Waals surface area contributed by atoms with Crippen molar-refractivity contribution in [3.63, 3.8) is 0 Å². The maximum absolute atomic E-state index is 12.2. The van der Waals surface area contributed by atoms with Crippen LogP contribution in [0.4, 0.5) is 5.69 Å². The van der Waals surface area contributed by atoms with Crippen LogP contribution in [0, 0.1) is 0 Å². The highest BCUT2D eigenvalue weighted by molar-refractivity contribution is 9.10. The van der Waals surface area contributed by atoms with E-state index < -0.39 is 0 Å². The predicted octanol–water partition coefficient (Wildman–Crippen LogP) is 4.89. The molecule has 0 aliphatic heterocycles. The predicted molar refractivity (Wildman–Crippen MR) is 101 cm³/mol. The van der Waals surface area contributed by atoms with Crippen molar-refractivity contribution in [3.8, 4) is 5.75 Å². The van der Waals surface area contributed by atoms with Crippen molar-refractivity contribution in [3.05, 3.63) is 56.5 Å². The van der Waals surface area contributed by atoms with Crippen LogP contribution in [-0.4, -0.2) is 18.1 Å². The first-order valence-electron chi connectivity index (χ1n) is 6.31. The van der Waals surface area contributed by atoms with Gasteiger partial charge in [-0.25, -0.2) is 0 Å². The van der Waals surface area contributed by atoms with Gasteiger partial charge in [0.15, 0.2) is 5.11 Å². The Balaban J connectivity index is 2.05. The highest BCUT2D eigenvalue weighted by atomic mass is 79.9. The van der Waals surface area contributed by atoms with Crippen LogP contribution in [0.1, 0.15) is 10.4 Å². The number of halogens is 3. The van der Waals surface area contributed by atoms with Gasteiger partial charge in [0.25, 0.3) is 5.91 Å². The number of thiocarbonyl (C=S) groups is 1. The lowest BCUT2D eigenvalue weighted by molar-refractivity contribution is 0.0977. The SMILES string of the molecule is COc1ccc(C(=O)NC(=S)Nc2ccc(Br)cc2Cl)cc1Cl. The normalized spacial score (nSPS) is 10.1. The minimum Gasteiger partial charge on any atom is -0.495 e. The van der Waals surface area contributed by atoms with E-state index in [9.17, 15) is 4.79 Å². The molecule has 0 fully saturated rings. The number of benzene rings is 2. The van der Waals surface area contributed by atoms with Gasteiger partial charge in [0, 0.05) is 10.0 Å². The molecule has 0 aromatic heterocycles. The first-order chi connectivity index (χ1) is 10.9. The Bertz CT molecular complexity index is 771. The number of amides is 1. The third-order valence-corrected chi connectivity index (χ3v) is 4.13. The topological polar surface area (TPSA) is 50.4 Å². The number of hydrogen-bond donors (Lipinski definition) is 2. The molecule has 0 spiro atoms. The standard InChI is InChI=1S/C15H11BrCl2N2O2S/c1-22-13-5-2-8(6-11(13)18)14(21)20-15(23)19-12-4-3-9(16)7-10(12)17/h2-7H,1H3,(H2,19,20,21,23). The van der Waals surface area contributed by atoms with E-state index in [2.05, 4.69) is 26.6 Å². The van der Waals surface area contributed by atoms with Crippen LogP contribution in [0.3, 0.4) is 0 Å². The summed E-state index contributed by atoms with van der Waals surface area (Å²) in [7, 11) is 1.50. The summed E-state index contributed by atoms with van der Waals surface area (Å²) in [5.74, 6) is 0.103. The molecule has 23 heavy (non-hydrogen) atoms. The minimum absolute atomic E-state index is 0.131. The molecule has 2 aromatic rings. The Morgan fingerprint density at radius 2 is 1.91 bits per heavy atom. The summed E-state index contributed by atoms with van der Waals surface area (Å²) in [4.78, 5) is 12.2. The zero-order valence-corrected chi connectivity index (χ0v) is 15.7. The molecule has 0 saturated carbocycles. The van der Waals surface area contributed by atoms with Crippen molar-refractivity contribution in [2.24, 2.45) is 0 Å². The van der Waals surface area contributed by atoms with Crippen LogP contribution in [0.25, 0.3) is 0 Å². The van der Waals surface area contributed by atoms with E-state index in [0.717, 1.165) is 4.47 Å². The maximum Gasteiger partial charge on any atom is 0.257 e. The average Bonchev–Trinajstić information content (AvgIpc) is 2.50. The van der Waals surface area contributed by atoms with Gasteiger partial charge in [0.2, 0.25) is 0 Å². The summed E-state index contributed by atoms with van der Waals surface area (Å²) in [5, 5.41) is 6.38. The Morgan fingerprint density at radius 3 is 2.52 bits per heavy atom. The maximum atomic E-state index is 12.2. The van der Waals surface area contributed by atoms with E-state index >= 15 is 0 Å². The molecule has 0 atom stereocenters. The van der Waals surface area contributed by atoms with Crippen molar-refractivity contribution in [2.75, 3.05) is 12.4 Å². The Labute approximate surface area is 157 Å². The van der Waals surface area contributed by atoms with Gasteiger partial charge in [-0.1, -0.05) is 39.1 Å². The first kappa shape index (κ1) is 18.0. The summed E-state index contributed by atoms with van der Waals surface area (Å²) < 4.78 is 5.89. The Morgan fingerprint density at radius 1 is 1.17 bits per heavy atom. The molecule has 0 aliphatic rings. The fourth-order valence-corrected chi connectivity index (χ4v) is 2.91. The largest absolute Gasteiger partial charge is 0.495 e. The van der Waals surface area contributed by atoms with Crippen LogP contribution in [0.15, 0.2) is 40.9 Å². The van der Waals surface area contributed by atoms with Gasteiger partial charge in [-0.3, -0.25) is 10.1 Å². The summed E-state index contributed by atoms with van der Waals surface area (Å²) in [6, 6.07) is 9.98. The van der Waals surface area contributed by atoms with Gasteiger partial charge in [0.1, 0.15) is 5.75 Å². The third-order valence-electron chi connectivity index (χ3n) is 2.82. The zero-order chi connectivity index (χ0) is 17.0. The van der Waals surface area contributed by atoms with Gasteiger partial charge in [-0.05, 0) is 48.6 Å². The number of ether oxygens (including phenoxy) is 1. The molecule has 0 saturated heterocycles. The Hall–Kier alpha value is -1.34. The second-order valence-electron chi connectivity index (χ2n) is 4.38. The second-order valence-corrected chi connectivity index (χ2v) is 6.52. The smallest absolute Gasteiger partial charge is 0.257 e. The van der Waals surface area contributed by atoms with Crippen LogP contribution in [-0.2, 0) is 0 Å². The fraction of sp³-hybridized carbons (Fsp3) is 0.0667. The molecule has 120 valence electrons. The van der Waals surface area contributed by atoms with E-state index in [1.165, 1.54) is 13.2 Å². The molecule has 2 aromatic carbocycles. The molecule has 0 bridgehead atoms. The molecule has 8 heteroatoms. The third kappa shape index (κ3) is 4.81. The van der Waals surface area contributed by atoms with Crippen LogP contribution >= 0.6 is 51.3 Å². The lowest BCUT2D eigenvalue weighted by Crippen LogP contribution is -2.34. The lowest BCUT2D eigenvalue weighted by Gasteiger charge is -2.11. The number of anilines is 1. The first-order valence-corrected chi connectivity index (χ1v) is 8.27. The van der Waals surface area contributed by atoms with E-state index in [-0.39, 0.29) is 11.0 Å². The van der Waals surface area contributed by atoms with Gasteiger partial charge < -0.3 is 10.1 Å². The molecule has 2 rings (SSSR count). The molecular weight excluding hydrogens is 423 g/mol. The monoisotopic (exact) mass is 432 g/mol. The van der Waals surface area contributed by atoms with Crippen molar-refractivity contribution < 1.29 is 9.53 Å². The van der Waals surface area contributed by atoms with E-state index in [4.69, 9.17) is 40.2 Å². The zero-order valence-electron chi connectivity index (χ0n) is 11.8. The van der Waals surface area contributed by atoms with Crippen molar-refractivity contribution in [2.45, 2.75) is 0 Å². The van der Waals surface area contributed by atoms with Gasteiger partial charge in [0.05, 0.1) is 22.8 Å². The number of methoxy groups -OCH3 is 1. The van der Waals surface area contributed by atoms with Crippen molar-refractivity contribution in [1.82, 2.24) is 5.32 Å². The second kappa shape index (κ2) is 7.97. The molecule has 0 unspecified atom stereocenters. The van der Waals surface area contributed by atoms with Crippen LogP contribution in [0.5, 0.6) is 5.75 Å². The number of hydrogen-bond acceptors (Lipinski definition) is 3. The molecule has 1 amide bonds. The molecular formula is C15H11BrCl2N2O2S. The molecule has 0 heterocycles. The highest BCUT2D eigenvalue weighted by Gasteiger charge is 2.11.